The van der Waals surface area contributed by atoms with Crippen molar-refractivity contribution in [2.24, 2.45) is 5.41 Å². The Morgan fingerprint density at radius 1 is 1.26 bits per heavy atom. The lowest BCUT2D eigenvalue weighted by molar-refractivity contribution is -0.147. The molecule has 3 heteroatoms. The Kier molecular flexibility index (Phi) is 5.40. The van der Waals surface area contributed by atoms with E-state index in [1.165, 1.54) is 11.1 Å². The fraction of sp³-hybridized carbons (Fsp3) is 0.562. The van der Waals surface area contributed by atoms with Crippen LogP contribution in [-0.4, -0.2) is 17.7 Å². The number of hydrogen-bond acceptors (Lipinski definition) is 2. The van der Waals surface area contributed by atoms with Crippen LogP contribution < -0.4 is 4.74 Å². The molecule has 0 radical (unpaired) electrons. The van der Waals surface area contributed by atoms with Crippen molar-refractivity contribution in [3.63, 3.8) is 0 Å². The monoisotopic (exact) mass is 264 g/mol. The minimum Gasteiger partial charge on any atom is -0.493 e. The summed E-state index contributed by atoms with van der Waals surface area (Å²) in [5.41, 5.74) is 1.76. The molecule has 0 atom stereocenters. The molecule has 0 unspecified atom stereocenters. The lowest BCUT2D eigenvalue weighted by Gasteiger charge is -2.18. The number of aliphatic carboxylic acids is 1. The van der Waals surface area contributed by atoms with E-state index >= 15 is 0 Å². The fourth-order valence-electron chi connectivity index (χ4n) is 1.84. The number of carboxylic acids is 1. The van der Waals surface area contributed by atoms with Gasteiger partial charge < -0.3 is 9.84 Å². The predicted molar refractivity (Wildman–Crippen MR) is 76.7 cm³/mol. The van der Waals surface area contributed by atoms with Crippen molar-refractivity contribution in [3.05, 3.63) is 29.3 Å². The first-order valence-electron chi connectivity index (χ1n) is 6.77. The van der Waals surface area contributed by atoms with E-state index in [0.29, 0.717) is 13.0 Å². The highest BCUT2D eigenvalue weighted by Gasteiger charge is 2.25. The van der Waals surface area contributed by atoms with Gasteiger partial charge in [0.25, 0.3) is 0 Å². The Bertz CT molecular complexity index is 436. The van der Waals surface area contributed by atoms with E-state index in [-0.39, 0.29) is 0 Å². The van der Waals surface area contributed by atoms with Gasteiger partial charge in [0.05, 0.1) is 12.0 Å². The van der Waals surface area contributed by atoms with Gasteiger partial charge in [-0.1, -0.05) is 12.1 Å². The molecule has 1 rings (SSSR count). The SMILES string of the molecule is Cc1cccc(OCCCCC(C)(C)C(=O)O)c1C. The summed E-state index contributed by atoms with van der Waals surface area (Å²) < 4.78 is 5.75. The number of carbonyl (C=O) groups is 1. The smallest absolute Gasteiger partial charge is 0.309 e. The van der Waals surface area contributed by atoms with Gasteiger partial charge in [0.15, 0.2) is 0 Å². The molecular formula is C16H24O3. The van der Waals surface area contributed by atoms with Crippen LogP contribution in [0.5, 0.6) is 5.75 Å². The van der Waals surface area contributed by atoms with Crippen molar-refractivity contribution >= 4 is 5.97 Å². The maximum atomic E-state index is 11.0. The van der Waals surface area contributed by atoms with Crippen LogP contribution in [0.3, 0.4) is 0 Å². The summed E-state index contributed by atoms with van der Waals surface area (Å²) in [5.74, 6) is 0.195. The number of unbranched alkanes of at least 4 members (excludes halogenated alkanes) is 1. The van der Waals surface area contributed by atoms with E-state index < -0.39 is 11.4 Å². The Hall–Kier alpha value is -1.51. The molecule has 1 aromatic carbocycles. The van der Waals surface area contributed by atoms with Crippen LogP contribution in [0.25, 0.3) is 0 Å². The molecular weight excluding hydrogens is 240 g/mol. The zero-order valence-corrected chi connectivity index (χ0v) is 12.3. The Morgan fingerprint density at radius 3 is 2.58 bits per heavy atom. The van der Waals surface area contributed by atoms with Gasteiger partial charge >= 0.3 is 5.97 Å². The van der Waals surface area contributed by atoms with Crippen LogP contribution in [0.1, 0.15) is 44.2 Å². The molecule has 19 heavy (non-hydrogen) atoms. The van der Waals surface area contributed by atoms with Crippen molar-refractivity contribution in [2.45, 2.75) is 47.0 Å². The lowest BCUT2D eigenvalue weighted by atomic mass is 9.87. The number of aryl methyl sites for hydroxylation is 1. The fourth-order valence-corrected chi connectivity index (χ4v) is 1.84. The molecule has 0 aromatic heterocycles. The average Bonchev–Trinajstić information content (AvgIpc) is 2.33. The maximum Gasteiger partial charge on any atom is 0.309 e. The van der Waals surface area contributed by atoms with E-state index in [9.17, 15) is 4.79 Å². The summed E-state index contributed by atoms with van der Waals surface area (Å²) in [5, 5.41) is 9.01. The first-order chi connectivity index (χ1) is 8.84. The van der Waals surface area contributed by atoms with E-state index in [1.54, 1.807) is 13.8 Å². The standard InChI is InChI=1S/C16H24O3/c1-12-8-7-9-14(13(12)2)19-11-6-5-10-16(3,4)15(17)18/h7-9H,5-6,10-11H2,1-4H3,(H,17,18). The normalized spacial score (nSPS) is 11.4. The quantitative estimate of drug-likeness (QED) is 0.758. The second-order valence-electron chi connectivity index (χ2n) is 5.69. The number of rotatable bonds is 7. The lowest BCUT2D eigenvalue weighted by Crippen LogP contribution is -2.23. The van der Waals surface area contributed by atoms with Crippen molar-refractivity contribution < 1.29 is 14.6 Å². The number of benzene rings is 1. The molecule has 0 saturated carbocycles. The topological polar surface area (TPSA) is 46.5 Å². The van der Waals surface area contributed by atoms with Crippen LogP contribution in [0.4, 0.5) is 0 Å². The predicted octanol–water partition coefficient (Wildman–Crippen LogP) is 3.96. The Morgan fingerprint density at radius 2 is 1.95 bits per heavy atom. The molecule has 0 heterocycles. The zero-order chi connectivity index (χ0) is 14.5. The molecule has 0 aliphatic carbocycles. The third-order valence-corrected chi connectivity index (χ3v) is 3.59. The van der Waals surface area contributed by atoms with Crippen LogP contribution in [-0.2, 0) is 4.79 Å². The van der Waals surface area contributed by atoms with Crippen molar-refractivity contribution in [1.82, 2.24) is 0 Å². The largest absolute Gasteiger partial charge is 0.493 e. The zero-order valence-electron chi connectivity index (χ0n) is 12.3. The number of ether oxygens (including phenoxy) is 1. The molecule has 3 nitrogen and oxygen atoms in total. The van der Waals surface area contributed by atoms with Crippen molar-refractivity contribution in [1.29, 1.82) is 0 Å². The minimum absolute atomic E-state index is 0.639. The van der Waals surface area contributed by atoms with Gasteiger partial charge in [0.1, 0.15) is 5.75 Å². The third kappa shape index (κ3) is 4.58. The second kappa shape index (κ2) is 6.60. The highest BCUT2D eigenvalue weighted by Crippen LogP contribution is 2.24. The van der Waals surface area contributed by atoms with E-state index in [1.807, 2.05) is 12.1 Å². The third-order valence-electron chi connectivity index (χ3n) is 3.59. The summed E-state index contributed by atoms with van der Waals surface area (Å²) >= 11 is 0. The van der Waals surface area contributed by atoms with Crippen LogP contribution in [0.15, 0.2) is 18.2 Å². The maximum absolute atomic E-state index is 11.0. The molecule has 0 amide bonds. The van der Waals surface area contributed by atoms with E-state index in [0.717, 1.165) is 18.6 Å². The number of hydrogen-bond donors (Lipinski definition) is 1. The van der Waals surface area contributed by atoms with Gasteiger partial charge in [0, 0.05) is 0 Å². The minimum atomic E-state index is -0.733. The molecule has 0 aliphatic rings. The molecule has 1 N–H and O–H groups in total. The Labute approximate surface area is 115 Å². The van der Waals surface area contributed by atoms with E-state index in [4.69, 9.17) is 9.84 Å². The first kappa shape index (κ1) is 15.5. The summed E-state index contributed by atoms with van der Waals surface area (Å²) in [6.07, 6.45) is 2.42. The Balaban J connectivity index is 2.32. The molecule has 0 spiro atoms. The molecule has 0 saturated heterocycles. The van der Waals surface area contributed by atoms with Crippen molar-refractivity contribution in [2.75, 3.05) is 6.61 Å². The van der Waals surface area contributed by atoms with Gasteiger partial charge in [-0.05, 0) is 64.2 Å². The summed E-state index contributed by atoms with van der Waals surface area (Å²) in [7, 11) is 0. The molecule has 106 valence electrons. The highest BCUT2D eigenvalue weighted by molar-refractivity contribution is 5.73. The van der Waals surface area contributed by atoms with Crippen LogP contribution in [0, 0.1) is 19.3 Å². The molecule has 0 aliphatic heterocycles. The van der Waals surface area contributed by atoms with Crippen LogP contribution in [0.2, 0.25) is 0 Å². The van der Waals surface area contributed by atoms with E-state index in [2.05, 4.69) is 19.9 Å². The summed E-state index contributed by atoms with van der Waals surface area (Å²) in [6.45, 7) is 8.29. The molecule has 0 fully saturated rings. The van der Waals surface area contributed by atoms with Gasteiger partial charge in [0.2, 0.25) is 0 Å². The molecule has 0 bridgehead atoms. The van der Waals surface area contributed by atoms with Gasteiger partial charge in [-0.3, -0.25) is 4.79 Å². The van der Waals surface area contributed by atoms with Gasteiger partial charge in [-0.15, -0.1) is 0 Å². The highest BCUT2D eigenvalue weighted by atomic mass is 16.5. The van der Waals surface area contributed by atoms with Gasteiger partial charge in [-0.25, -0.2) is 0 Å². The summed E-state index contributed by atoms with van der Waals surface area (Å²) in [6, 6.07) is 6.03. The first-order valence-corrected chi connectivity index (χ1v) is 6.77. The average molecular weight is 264 g/mol. The van der Waals surface area contributed by atoms with Crippen molar-refractivity contribution in [3.8, 4) is 5.75 Å². The number of carboxylic acid groups (broad SMARTS) is 1. The van der Waals surface area contributed by atoms with Crippen LogP contribution >= 0.6 is 0 Å². The molecule has 1 aromatic rings. The summed E-state index contributed by atoms with van der Waals surface area (Å²) in [4.78, 5) is 11.0. The van der Waals surface area contributed by atoms with Gasteiger partial charge in [-0.2, -0.15) is 0 Å². The second-order valence-corrected chi connectivity index (χ2v) is 5.69.